The van der Waals surface area contributed by atoms with Gasteiger partial charge >= 0.3 is 6.18 Å². The minimum absolute atomic E-state index is 0.132. The van der Waals surface area contributed by atoms with E-state index in [1.807, 2.05) is 0 Å². The summed E-state index contributed by atoms with van der Waals surface area (Å²) in [5.74, 6) is -0.701. The quantitative estimate of drug-likeness (QED) is 0.815. The molecule has 0 bridgehead atoms. The molecule has 0 spiro atoms. The maximum Gasteiger partial charge on any atom is 0.416 e. The molecule has 1 amide bonds. The molecule has 1 aliphatic carbocycles. The summed E-state index contributed by atoms with van der Waals surface area (Å²) in [6.45, 7) is 0. The predicted molar refractivity (Wildman–Crippen MR) is 95.3 cm³/mol. The largest absolute Gasteiger partial charge is 0.416 e. The molecule has 0 heterocycles. The van der Waals surface area contributed by atoms with Crippen molar-refractivity contribution >= 4 is 21.4 Å². The van der Waals surface area contributed by atoms with E-state index < -0.39 is 27.5 Å². The van der Waals surface area contributed by atoms with E-state index in [0.717, 1.165) is 31.0 Å². The molecule has 2 aromatic rings. The third-order valence-electron chi connectivity index (χ3n) is 4.63. The number of rotatable bonds is 4. The molecule has 0 saturated heterocycles. The van der Waals surface area contributed by atoms with Gasteiger partial charge in [-0.25, -0.2) is 8.42 Å². The zero-order valence-corrected chi connectivity index (χ0v) is 15.1. The Balaban J connectivity index is 1.74. The molecule has 1 aliphatic rings. The summed E-state index contributed by atoms with van der Waals surface area (Å²) in [6.07, 6.45) is -1.44. The lowest BCUT2D eigenvalue weighted by atomic mass is 10.1. The van der Waals surface area contributed by atoms with E-state index in [9.17, 15) is 26.4 Å². The minimum atomic E-state index is -4.54. The average molecular weight is 397 g/mol. The van der Waals surface area contributed by atoms with Crippen molar-refractivity contribution in [3.63, 3.8) is 0 Å². The highest BCUT2D eigenvalue weighted by Crippen LogP contribution is 2.31. The summed E-state index contributed by atoms with van der Waals surface area (Å²) in [5, 5.41) is 2.11. The zero-order valence-electron chi connectivity index (χ0n) is 14.3. The molecule has 8 heteroatoms. The van der Waals surface area contributed by atoms with Crippen molar-refractivity contribution in [1.82, 2.24) is 0 Å². The summed E-state index contributed by atoms with van der Waals surface area (Å²) in [6, 6.07) is 9.80. The minimum Gasteiger partial charge on any atom is -0.322 e. The number of halogens is 3. The van der Waals surface area contributed by atoms with Crippen LogP contribution in [0, 0.1) is 0 Å². The van der Waals surface area contributed by atoms with Gasteiger partial charge in [-0.05, 0) is 55.3 Å². The third-order valence-corrected chi connectivity index (χ3v) is 6.91. The van der Waals surface area contributed by atoms with Crippen molar-refractivity contribution in [1.29, 1.82) is 0 Å². The molecule has 144 valence electrons. The summed E-state index contributed by atoms with van der Waals surface area (Å²) in [4.78, 5) is 12.4. The van der Waals surface area contributed by atoms with Crippen LogP contribution in [-0.4, -0.2) is 19.6 Å². The Labute approximate surface area is 155 Å². The zero-order chi connectivity index (χ0) is 19.7. The highest BCUT2D eigenvalue weighted by molar-refractivity contribution is 7.92. The topological polar surface area (TPSA) is 63.2 Å². The first kappa shape index (κ1) is 19.4. The lowest BCUT2D eigenvalue weighted by molar-refractivity contribution is -0.137. The van der Waals surface area contributed by atoms with Crippen LogP contribution in [0.4, 0.5) is 18.9 Å². The summed E-state index contributed by atoms with van der Waals surface area (Å²) >= 11 is 0. The molecule has 3 rings (SSSR count). The monoisotopic (exact) mass is 397 g/mol. The standard InChI is InChI=1S/C19H18F3NO3S/c20-19(21,22)14-5-3-4-13(12-14)18(24)23-15-8-10-17(11-9-15)27(25,26)16-6-1-2-7-16/h3-5,8-12,16H,1-2,6-7H2,(H,23,24). The Morgan fingerprint density at radius 3 is 2.22 bits per heavy atom. The van der Waals surface area contributed by atoms with Crippen LogP contribution in [0.1, 0.15) is 41.6 Å². The average Bonchev–Trinajstić information content (AvgIpc) is 3.17. The number of alkyl halides is 3. The van der Waals surface area contributed by atoms with Gasteiger partial charge in [0.2, 0.25) is 0 Å². The van der Waals surface area contributed by atoms with Crippen LogP contribution in [0.25, 0.3) is 0 Å². The number of sulfone groups is 1. The number of hydrogen-bond acceptors (Lipinski definition) is 3. The number of hydrogen-bond donors (Lipinski definition) is 1. The van der Waals surface area contributed by atoms with E-state index in [4.69, 9.17) is 0 Å². The maximum atomic E-state index is 12.8. The predicted octanol–water partition coefficient (Wildman–Crippen LogP) is 4.67. The van der Waals surface area contributed by atoms with E-state index in [1.54, 1.807) is 0 Å². The van der Waals surface area contributed by atoms with Gasteiger partial charge in [-0.15, -0.1) is 0 Å². The van der Waals surface area contributed by atoms with Gasteiger partial charge in [0, 0.05) is 11.3 Å². The van der Waals surface area contributed by atoms with Crippen LogP contribution in [0.5, 0.6) is 0 Å². The van der Waals surface area contributed by atoms with E-state index in [0.29, 0.717) is 18.5 Å². The molecular formula is C19H18F3NO3S. The van der Waals surface area contributed by atoms with Crippen LogP contribution in [0.2, 0.25) is 0 Å². The second-order valence-electron chi connectivity index (χ2n) is 6.51. The molecule has 2 aromatic carbocycles. The number of benzene rings is 2. The summed E-state index contributed by atoms with van der Waals surface area (Å²) < 4.78 is 63.3. The molecule has 1 N–H and O–H groups in total. The van der Waals surface area contributed by atoms with Crippen molar-refractivity contribution < 1.29 is 26.4 Å². The van der Waals surface area contributed by atoms with E-state index in [1.165, 1.54) is 30.3 Å². The highest BCUT2D eigenvalue weighted by Gasteiger charge is 2.31. The van der Waals surface area contributed by atoms with Crippen LogP contribution in [0.3, 0.4) is 0 Å². The van der Waals surface area contributed by atoms with Crippen LogP contribution in [0.15, 0.2) is 53.4 Å². The molecule has 1 fully saturated rings. The van der Waals surface area contributed by atoms with E-state index in [-0.39, 0.29) is 15.7 Å². The van der Waals surface area contributed by atoms with Crippen molar-refractivity contribution in [2.45, 2.75) is 42.0 Å². The Morgan fingerprint density at radius 2 is 1.63 bits per heavy atom. The molecule has 27 heavy (non-hydrogen) atoms. The van der Waals surface area contributed by atoms with Gasteiger partial charge < -0.3 is 5.32 Å². The first-order chi connectivity index (χ1) is 12.7. The lowest BCUT2D eigenvalue weighted by Crippen LogP contribution is -2.18. The maximum absolute atomic E-state index is 12.8. The Kier molecular flexibility index (Phi) is 5.28. The van der Waals surface area contributed by atoms with E-state index in [2.05, 4.69) is 5.32 Å². The van der Waals surface area contributed by atoms with Crippen LogP contribution >= 0.6 is 0 Å². The normalized spacial score (nSPS) is 15.7. The van der Waals surface area contributed by atoms with Crippen molar-refractivity contribution in [3.05, 3.63) is 59.7 Å². The Bertz CT molecular complexity index is 931. The molecule has 0 unspecified atom stereocenters. The van der Waals surface area contributed by atoms with Gasteiger partial charge in [0.05, 0.1) is 15.7 Å². The smallest absolute Gasteiger partial charge is 0.322 e. The van der Waals surface area contributed by atoms with Gasteiger partial charge in [0.25, 0.3) is 5.91 Å². The fourth-order valence-electron chi connectivity index (χ4n) is 3.16. The molecule has 0 aromatic heterocycles. The Hall–Kier alpha value is -2.35. The number of carbonyl (C=O) groups excluding carboxylic acids is 1. The van der Waals surface area contributed by atoms with Crippen molar-refractivity contribution in [2.24, 2.45) is 0 Å². The molecule has 1 saturated carbocycles. The summed E-state index contributed by atoms with van der Waals surface area (Å²) in [7, 11) is -3.40. The van der Waals surface area contributed by atoms with Gasteiger partial charge in [-0.1, -0.05) is 18.9 Å². The Morgan fingerprint density at radius 1 is 1.00 bits per heavy atom. The number of carbonyl (C=O) groups is 1. The number of nitrogens with one attached hydrogen (secondary N) is 1. The van der Waals surface area contributed by atoms with Gasteiger partial charge in [-0.2, -0.15) is 13.2 Å². The fraction of sp³-hybridized carbons (Fsp3) is 0.316. The SMILES string of the molecule is O=C(Nc1ccc(S(=O)(=O)C2CCCC2)cc1)c1cccc(C(F)(F)F)c1. The number of amides is 1. The van der Waals surface area contributed by atoms with Crippen molar-refractivity contribution in [2.75, 3.05) is 5.32 Å². The van der Waals surface area contributed by atoms with Gasteiger partial charge in [0.15, 0.2) is 9.84 Å². The first-order valence-electron chi connectivity index (χ1n) is 8.50. The van der Waals surface area contributed by atoms with Crippen molar-refractivity contribution in [3.8, 4) is 0 Å². The van der Waals surface area contributed by atoms with Crippen LogP contribution in [-0.2, 0) is 16.0 Å². The second kappa shape index (κ2) is 7.34. The van der Waals surface area contributed by atoms with Gasteiger partial charge in [-0.3, -0.25) is 4.79 Å². The third kappa shape index (κ3) is 4.32. The molecule has 0 atom stereocenters. The summed E-state index contributed by atoms with van der Waals surface area (Å²) in [5.41, 5.74) is -0.733. The fourth-order valence-corrected chi connectivity index (χ4v) is 5.01. The first-order valence-corrected chi connectivity index (χ1v) is 10.0. The lowest BCUT2D eigenvalue weighted by Gasteiger charge is -2.12. The molecule has 0 radical (unpaired) electrons. The molecule has 0 aliphatic heterocycles. The second-order valence-corrected chi connectivity index (χ2v) is 8.74. The highest BCUT2D eigenvalue weighted by atomic mass is 32.2. The molecular weight excluding hydrogens is 379 g/mol. The molecule has 4 nitrogen and oxygen atoms in total. The van der Waals surface area contributed by atoms with Gasteiger partial charge in [0.1, 0.15) is 0 Å². The van der Waals surface area contributed by atoms with Crippen LogP contribution < -0.4 is 5.32 Å². The number of anilines is 1. The van der Waals surface area contributed by atoms with E-state index >= 15 is 0 Å².